The third kappa shape index (κ3) is 2.39. The highest BCUT2D eigenvalue weighted by atomic mass is 35.5. The van der Waals surface area contributed by atoms with E-state index in [4.69, 9.17) is 11.6 Å². The Labute approximate surface area is 126 Å². The van der Waals surface area contributed by atoms with Crippen LogP contribution in [0.4, 0.5) is 5.82 Å². The molecule has 104 valence electrons. The molecular weight excluding hydrogens is 294 g/mol. The van der Waals surface area contributed by atoms with Gasteiger partial charge in [0.25, 0.3) is 5.91 Å². The highest BCUT2D eigenvalue weighted by molar-refractivity contribution is 7.10. The number of hydrogen-bond donors (Lipinski definition) is 1. The Morgan fingerprint density at radius 1 is 1.45 bits per heavy atom. The highest BCUT2D eigenvalue weighted by Gasteiger charge is 2.25. The van der Waals surface area contributed by atoms with Gasteiger partial charge in [-0.1, -0.05) is 11.6 Å². The molecule has 2 aromatic heterocycles. The highest BCUT2D eigenvalue weighted by Crippen LogP contribution is 2.26. The summed E-state index contributed by atoms with van der Waals surface area (Å²) in [5.41, 5.74) is 1.55. The SMILES string of the molecule is CNc1ccc(Cl)c(C(=O)N2CCc3sccc3C2)n1. The van der Waals surface area contributed by atoms with Crippen molar-refractivity contribution < 1.29 is 4.79 Å². The fourth-order valence-corrected chi connectivity index (χ4v) is 3.38. The lowest BCUT2D eigenvalue weighted by molar-refractivity contribution is 0.0730. The van der Waals surface area contributed by atoms with Crippen LogP contribution in [0.5, 0.6) is 0 Å². The van der Waals surface area contributed by atoms with Crippen LogP contribution in [0.25, 0.3) is 0 Å². The molecule has 0 unspecified atom stereocenters. The van der Waals surface area contributed by atoms with Crippen molar-refractivity contribution >= 4 is 34.7 Å². The van der Waals surface area contributed by atoms with Gasteiger partial charge in [0.05, 0.1) is 5.02 Å². The quantitative estimate of drug-likeness (QED) is 0.927. The molecular formula is C14H14ClN3OS. The Morgan fingerprint density at radius 2 is 2.30 bits per heavy atom. The Hall–Kier alpha value is -1.59. The number of hydrogen-bond acceptors (Lipinski definition) is 4. The van der Waals surface area contributed by atoms with Gasteiger partial charge in [0.1, 0.15) is 11.5 Å². The summed E-state index contributed by atoms with van der Waals surface area (Å²) < 4.78 is 0. The second kappa shape index (κ2) is 5.42. The summed E-state index contributed by atoms with van der Waals surface area (Å²) in [5.74, 6) is 0.537. The number of pyridine rings is 1. The van der Waals surface area contributed by atoms with E-state index in [0.717, 1.165) is 6.42 Å². The van der Waals surface area contributed by atoms with Gasteiger partial charge in [0.15, 0.2) is 0 Å². The number of carbonyl (C=O) groups is 1. The van der Waals surface area contributed by atoms with Gasteiger partial charge in [-0.15, -0.1) is 11.3 Å². The van der Waals surface area contributed by atoms with Crippen molar-refractivity contribution in [3.05, 3.63) is 44.7 Å². The van der Waals surface area contributed by atoms with E-state index in [1.54, 1.807) is 30.5 Å². The minimum Gasteiger partial charge on any atom is -0.373 e. The molecule has 2 aromatic rings. The molecule has 1 aliphatic heterocycles. The third-order valence-corrected chi connectivity index (χ3v) is 4.73. The molecule has 1 aliphatic rings. The van der Waals surface area contributed by atoms with Crippen molar-refractivity contribution in [2.24, 2.45) is 0 Å². The van der Waals surface area contributed by atoms with Crippen molar-refractivity contribution in [1.29, 1.82) is 0 Å². The molecule has 0 saturated carbocycles. The van der Waals surface area contributed by atoms with Crippen LogP contribution in [0.3, 0.4) is 0 Å². The number of nitrogens with one attached hydrogen (secondary N) is 1. The number of fused-ring (bicyclic) bond motifs is 1. The van der Waals surface area contributed by atoms with E-state index in [1.165, 1.54) is 10.4 Å². The molecule has 0 bridgehead atoms. The lowest BCUT2D eigenvalue weighted by atomic mass is 10.1. The molecule has 0 aromatic carbocycles. The Morgan fingerprint density at radius 3 is 3.10 bits per heavy atom. The summed E-state index contributed by atoms with van der Waals surface area (Å²) in [6.07, 6.45) is 0.905. The van der Waals surface area contributed by atoms with E-state index >= 15 is 0 Å². The van der Waals surface area contributed by atoms with E-state index in [-0.39, 0.29) is 5.91 Å². The topological polar surface area (TPSA) is 45.2 Å². The normalized spacial score (nSPS) is 14.0. The standard InChI is InChI=1S/C14H14ClN3OS/c1-16-12-3-2-10(15)13(17-12)14(19)18-6-4-11-9(8-18)5-7-20-11/h2-3,5,7H,4,6,8H2,1H3,(H,16,17). The number of aromatic nitrogens is 1. The van der Waals surface area contributed by atoms with Crippen molar-refractivity contribution in [2.45, 2.75) is 13.0 Å². The first kappa shape index (κ1) is 13.4. The van der Waals surface area contributed by atoms with Crippen LogP contribution >= 0.6 is 22.9 Å². The summed E-state index contributed by atoms with van der Waals surface area (Å²) in [7, 11) is 1.77. The van der Waals surface area contributed by atoms with Crippen LogP contribution in [0, 0.1) is 0 Å². The second-order valence-electron chi connectivity index (χ2n) is 4.62. The molecule has 0 atom stereocenters. The molecule has 0 saturated heterocycles. The zero-order chi connectivity index (χ0) is 14.1. The summed E-state index contributed by atoms with van der Waals surface area (Å²) in [6.45, 7) is 1.35. The predicted molar refractivity (Wildman–Crippen MR) is 81.6 cm³/mol. The number of rotatable bonds is 2. The molecule has 3 rings (SSSR count). The van der Waals surface area contributed by atoms with Gasteiger partial charge in [-0.2, -0.15) is 0 Å². The fraction of sp³-hybridized carbons (Fsp3) is 0.286. The maximum atomic E-state index is 12.6. The Bertz CT molecular complexity index is 656. The smallest absolute Gasteiger partial charge is 0.274 e. The van der Waals surface area contributed by atoms with Crippen LogP contribution in [0.15, 0.2) is 23.6 Å². The van der Waals surface area contributed by atoms with Crippen molar-refractivity contribution in [2.75, 3.05) is 18.9 Å². The number of carbonyl (C=O) groups excluding carboxylic acids is 1. The van der Waals surface area contributed by atoms with Gasteiger partial charge in [-0.3, -0.25) is 4.79 Å². The van der Waals surface area contributed by atoms with Crippen LogP contribution in [-0.4, -0.2) is 29.4 Å². The molecule has 1 amide bonds. The number of thiophene rings is 1. The van der Waals surface area contributed by atoms with Crippen molar-refractivity contribution in [1.82, 2.24) is 9.88 Å². The van der Waals surface area contributed by atoms with Crippen molar-refractivity contribution in [3.8, 4) is 0 Å². The number of halogens is 1. The van der Waals surface area contributed by atoms with E-state index in [1.807, 2.05) is 4.90 Å². The first-order chi connectivity index (χ1) is 9.69. The average Bonchev–Trinajstić information content (AvgIpc) is 2.94. The van der Waals surface area contributed by atoms with Crippen LogP contribution < -0.4 is 5.32 Å². The summed E-state index contributed by atoms with van der Waals surface area (Å²) >= 11 is 7.87. The summed E-state index contributed by atoms with van der Waals surface area (Å²) in [4.78, 5) is 20.0. The lowest BCUT2D eigenvalue weighted by Gasteiger charge is -2.27. The first-order valence-corrected chi connectivity index (χ1v) is 7.63. The van der Waals surface area contributed by atoms with Gasteiger partial charge in [-0.05, 0) is 35.6 Å². The number of anilines is 1. The van der Waals surface area contributed by atoms with Crippen LogP contribution in [0.1, 0.15) is 20.9 Å². The van der Waals surface area contributed by atoms with E-state index in [2.05, 4.69) is 21.7 Å². The minimum atomic E-state index is -0.107. The molecule has 1 N–H and O–H groups in total. The monoisotopic (exact) mass is 307 g/mol. The second-order valence-corrected chi connectivity index (χ2v) is 6.03. The molecule has 0 aliphatic carbocycles. The molecule has 4 nitrogen and oxygen atoms in total. The maximum Gasteiger partial charge on any atom is 0.274 e. The van der Waals surface area contributed by atoms with Crippen LogP contribution in [-0.2, 0) is 13.0 Å². The summed E-state index contributed by atoms with van der Waals surface area (Å²) in [6, 6.07) is 5.54. The zero-order valence-corrected chi connectivity index (χ0v) is 12.6. The maximum absolute atomic E-state index is 12.6. The molecule has 3 heterocycles. The Balaban J connectivity index is 1.87. The van der Waals surface area contributed by atoms with Gasteiger partial charge in [-0.25, -0.2) is 4.98 Å². The molecule has 0 spiro atoms. The van der Waals surface area contributed by atoms with Crippen molar-refractivity contribution in [3.63, 3.8) is 0 Å². The van der Waals surface area contributed by atoms with Gasteiger partial charge in [0, 0.05) is 25.0 Å². The Kier molecular flexibility index (Phi) is 3.63. The predicted octanol–water partition coefficient (Wildman–Crippen LogP) is 3.04. The number of amides is 1. The van der Waals surface area contributed by atoms with Gasteiger partial charge < -0.3 is 10.2 Å². The molecule has 0 fully saturated rings. The fourth-order valence-electron chi connectivity index (χ4n) is 2.30. The van der Waals surface area contributed by atoms with E-state index in [0.29, 0.717) is 29.6 Å². The van der Waals surface area contributed by atoms with Crippen LogP contribution in [0.2, 0.25) is 5.02 Å². The molecule has 6 heteroatoms. The van der Waals surface area contributed by atoms with E-state index < -0.39 is 0 Å². The molecule has 0 radical (unpaired) electrons. The van der Waals surface area contributed by atoms with Gasteiger partial charge >= 0.3 is 0 Å². The largest absolute Gasteiger partial charge is 0.373 e. The minimum absolute atomic E-state index is 0.107. The third-order valence-electron chi connectivity index (χ3n) is 3.40. The lowest BCUT2D eigenvalue weighted by Crippen LogP contribution is -2.36. The summed E-state index contributed by atoms with van der Waals surface area (Å²) in [5, 5.41) is 5.39. The first-order valence-electron chi connectivity index (χ1n) is 6.38. The van der Waals surface area contributed by atoms with Gasteiger partial charge in [0.2, 0.25) is 0 Å². The average molecular weight is 308 g/mol. The van der Waals surface area contributed by atoms with E-state index in [9.17, 15) is 4.79 Å². The molecule has 20 heavy (non-hydrogen) atoms. The number of nitrogens with zero attached hydrogens (tertiary/aromatic N) is 2. The zero-order valence-electron chi connectivity index (χ0n) is 11.0.